The lowest BCUT2D eigenvalue weighted by molar-refractivity contribution is 0.627. The average molecular weight is 336 g/mol. The standard InChI is InChI=1S/C20H21FN4/c1-15-4-2-3-5-17(15)14-24-19-11-13-23-20(25-19)22-12-10-16-6-8-18(21)9-7-16/h2-9,11,13H,10,12,14H2,1H3,(H2,22,23,24,25). The second-order valence-corrected chi connectivity index (χ2v) is 5.85. The minimum absolute atomic E-state index is 0.215. The second kappa shape index (κ2) is 8.24. The van der Waals surface area contributed by atoms with Crippen molar-refractivity contribution < 1.29 is 4.39 Å². The Labute approximate surface area is 147 Å². The number of benzene rings is 2. The van der Waals surface area contributed by atoms with Gasteiger partial charge in [-0.25, -0.2) is 9.37 Å². The van der Waals surface area contributed by atoms with Crippen LogP contribution in [-0.2, 0) is 13.0 Å². The normalized spacial score (nSPS) is 10.5. The number of aryl methyl sites for hydroxylation is 1. The number of nitrogens with zero attached hydrogens (tertiary/aromatic N) is 2. The lowest BCUT2D eigenvalue weighted by Crippen LogP contribution is -2.09. The molecule has 1 heterocycles. The molecule has 0 saturated heterocycles. The third-order valence-electron chi connectivity index (χ3n) is 3.99. The highest BCUT2D eigenvalue weighted by molar-refractivity contribution is 5.41. The Hall–Kier alpha value is -2.95. The number of halogens is 1. The smallest absolute Gasteiger partial charge is 0.224 e. The van der Waals surface area contributed by atoms with E-state index in [0.29, 0.717) is 12.5 Å². The van der Waals surface area contributed by atoms with E-state index in [-0.39, 0.29) is 5.82 Å². The van der Waals surface area contributed by atoms with Crippen LogP contribution < -0.4 is 10.6 Å². The predicted molar refractivity (Wildman–Crippen MR) is 99.1 cm³/mol. The summed E-state index contributed by atoms with van der Waals surface area (Å²) in [6.45, 7) is 3.50. The highest BCUT2D eigenvalue weighted by Gasteiger charge is 2.01. The van der Waals surface area contributed by atoms with Crippen molar-refractivity contribution in [1.82, 2.24) is 9.97 Å². The van der Waals surface area contributed by atoms with E-state index >= 15 is 0 Å². The van der Waals surface area contributed by atoms with Gasteiger partial charge in [0, 0.05) is 19.3 Å². The highest BCUT2D eigenvalue weighted by atomic mass is 19.1. The molecule has 0 aliphatic carbocycles. The third kappa shape index (κ3) is 5.01. The van der Waals surface area contributed by atoms with Crippen molar-refractivity contribution in [3.05, 3.63) is 83.3 Å². The van der Waals surface area contributed by atoms with Crippen LogP contribution in [0.1, 0.15) is 16.7 Å². The topological polar surface area (TPSA) is 49.8 Å². The van der Waals surface area contributed by atoms with Crippen LogP contribution in [0.2, 0.25) is 0 Å². The van der Waals surface area contributed by atoms with E-state index in [1.54, 1.807) is 18.3 Å². The van der Waals surface area contributed by atoms with Crippen LogP contribution >= 0.6 is 0 Å². The Morgan fingerprint density at radius 2 is 1.76 bits per heavy atom. The molecule has 0 aliphatic rings. The number of hydrogen-bond acceptors (Lipinski definition) is 4. The molecule has 0 atom stereocenters. The lowest BCUT2D eigenvalue weighted by Gasteiger charge is -2.10. The Balaban J connectivity index is 1.52. The number of aromatic nitrogens is 2. The molecule has 2 N–H and O–H groups in total. The highest BCUT2D eigenvalue weighted by Crippen LogP contribution is 2.11. The Bertz CT molecular complexity index is 818. The van der Waals surface area contributed by atoms with E-state index in [4.69, 9.17) is 0 Å². The van der Waals surface area contributed by atoms with Crippen molar-refractivity contribution in [3.63, 3.8) is 0 Å². The molecule has 2 aromatic carbocycles. The first-order chi connectivity index (χ1) is 12.2. The summed E-state index contributed by atoms with van der Waals surface area (Å²) in [6.07, 6.45) is 2.51. The first-order valence-corrected chi connectivity index (χ1v) is 8.30. The molecular weight excluding hydrogens is 315 g/mol. The molecule has 0 fully saturated rings. The van der Waals surface area contributed by atoms with Gasteiger partial charge < -0.3 is 10.6 Å². The van der Waals surface area contributed by atoms with E-state index in [1.807, 2.05) is 18.2 Å². The third-order valence-corrected chi connectivity index (χ3v) is 3.99. The molecule has 0 saturated carbocycles. The van der Waals surface area contributed by atoms with Crippen molar-refractivity contribution in [3.8, 4) is 0 Å². The molecule has 0 unspecified atom stereocenters. The maximum atomic E-state index is 12.9. The zero-order chi connectivity index (χ0) is 17.5. The van der Waals surface area contributed by atoms with Crippen molar-refractivity contribution in [2.75, 3.05) is 17.2 Å². The van der Waals surface area contributed by atoms with Gasteiger partial charge >= 0.3 is 0 Å². The van der Waals surface area contributed by atoms with Gasteiger partial charge in [-0.15, -0.1) is 0 Å². The molecule has 25 heavy (non-hydrogen) atoms. The van der Waals surface area contributed by atoms with Gasteiger partial charge in [0.1, 0.15) is 11.6 Å². The van der Waals surface area contributed by atoms with Gasteiger partial charge in [0.15, 0.2) is 0 Å². The number of anilines is 2. The van der Waals surface area contributed by atoms with Crippen LogP contribution in [0.5, 0.6) is 0 Å². The number of nitrogens with one attached hydrogen (secondary N) is 2. The maximum Gasteiger partial charge on any atom is 0.224 e. The Kier molecular flexibility index (Phi) is 5.57. The van der Waals surface area contributed by atoms with Gasteiger partial charge in [0.05, 0.1) is 0 Å². The van der Waals surface area contributed by atoms with Gasteiger partial charge in [-0.05, 0) is 48.2 Å². The average Bonchev–Trinajstić information content (AvgIpc) is 2.63. The monoisotopic (exact) mass is 336 g/mol. The summed E-state index contributed by atoms with van der Waals surface area (Å²) in [5.74, 6) is 1.15. The van der Waals surface area contributed by atoms with Crippen LogP contribution in [0.4, 0.5) is 16.2 Å². The molecule has 128 valence electrons. The van der Waals surface area contributed by atoms with Crippen LogP contribution in [-0.4, -0.2) is 16.5 Å². The predicted octanol–water partition coefficient (Wildman–Crippen LogP) is 4.19. The fourth-order valence-electron chi connectivity index (χ4n) is 2.51. The molecule has 5 heteroatoms. The summed E-state index contributed by atoms with van der Waals surface area (Å²) >= 11 is 0. The first-order valence-electron chi connectivity index (χ1n) is 8.30. The zero-order valence-corrected chi connectivity index (χ0v) is 14.2. The van der Waals surface area contributed by atoms with Crippen molar-refractivity contribution in [2.45, 2.75) is 19.9 Å². The zero-order valence-electron chi connectivity index (χ0n) is 14.2. The van der Waals surface area contributed by atoms with E-state index in [9.17, 15) is 4.39 Å². The summed E-state index contributed by atoms with van der Waals surface area (Å²) in [5.41, 5.74) is 3.57. The maximum absolute atomic E-state index is 12.9. The van der Waals surface area contributed by atoms with Crippen molar-refractivity contribution in [2.24, 2.45) is 0 Å². The van der Waals surface area contributed by atoms with E-state index in [2.05, 4.69) is 39.7 Å². The van der Waals surface area contributed by atoms with E-state index < -0.39 is 0 Å². The van der Waals surface area contributed by atoms with Crippen molar-refractivity contribution in [1.29, 1.82) is 0 Å². The van der Waals surface area contributed by atoms with Gasteiger partial charge in [-0.3, -0.25) is 0 Å². The Morgan fingerprint density at radius 1 is 0.960 bits per heavy atom. The molecular formula is C20H21FN4. The Morgan fingerprint density at radius 3 is 2.56 bits per heavy atom. The van der Waals surface area contributed by atoms with Gasteiger partial charge in [-0.1, -0.05) is 36.4 Å². The fourth-order valence-corrected chi connectivity index (χ4v) is 2.51. The van der Waals surface area contributed by atoms with E-state index in [1.165, 1.54) is 23.3 Å². The summed E-state index contributed by atoms with van der Waals surface area (Å²) in [5, 5.41) is 6.53. The van der Waals surface area contributed by atoms with Crippen LogP contribution in [0.25, 0.3) is 0 Å². The summed E-state index contributed by atoms with van der Waals surface area (Å²) in [6, 6.07) is 16.6. The largest absolute Gasteiger partial charge is 0.366 e. The molecule has 0 spiro atoms. The fraction of sp³-hybridized carbons (Fsp3) is 0.200. The van der Waals surface area contributed by atoms with Crippen LogP contribution in [0.15, 0.2) is 60.8 Å². The van der Waals surface area contributed by atoms with E-state index in [0.717, 1.165) is 24.3 Å². The molecule has 0 amide bonds. The molecule has 0 aliphatic heterocycles. The molecule has 1 aromatic heterocycles. The summed E-state index contributed by atoms with van der Waals surface area (Å²) < 4.78 is 12.9. The number of hydrogen-bond donors (Lipinski definition) is 2. The first kappa shape index (κ1) is 16.9. The van der Waals surface area contributed by atoms with Crippen LogP contribution in [0, 0.1) is 12.7 Å². The van der Waals surface area contributed by atoms with Gasteiger partial charge in [-0.2, -0.15) is 4.98 Å². The van der Waals surface area contributed by atoms with Gasteiger partial charge in [0.2, 0.25) is 5.95 Å². The molecule has 0 bridgehead atoms. The second-order valence-electron chi connectivity index (χ2n) is 5.85. The summed E-state index contributed by atoms with van der Waals surface area (Å²) in [4.78, 5) is 8.70. The lowest BCUT2D eigenvalue weighted by atomic mass is 10.1. The van der Waals surface area contributed by atoms with Gasteiger partial charge in [0.25, 0.3) is 0 Å². The minimum Gasteiger partial charge on any atom is -0.366 e. The SMILES string of the molecule is Cc1ccccc1CNc1ccnc(NCCc2ccc(F)cc2)n1. The molecule has 0 radical (unpaired) electrons. The summed E-state index contributed by atoms with van der Waals surface area (Å²) in [7, 11) is 0. The minimum atomic E-state index is -0.215. The number of rotatable bonds is 7. The molecule has 3 aromatic rings. The van der Waals surface area contributed by atoms with Crippen molar-refractivity contribution >= 4 is 11.8 Å². The quantitative estimate of drug-likeness (QED) is 0.679. The molecule has 4 nitrogen and oxygen atoms in total. The van der Waals surface area contributed by atoms with Crippen LogP contribution in [0.3, 0.4) is 0 Å². The molecule has 3 rings (SSSR count).